The summed E-state index contributed by atoms with van der Waals surface area (Å²) in [6.45, 7) is 2.17. The van der Waals surface area contributed by atoms with Crippen LogP contribution in [0.25, 0.3) is 0 Å². The summed E-state index contributed by atoms with van der Waals surface area (Å²) in [5, 5.41) is 4.46. The van der Waals surface area contributed by atoms with Crippen LogP contribution in [-0.2, 0) is 11.4 Å². The number of nitrogens with zero attached hydrogens (tertiary/aromatic N) is 2. The lowest BCUT2D eigenvalue weighted by atomic mass is 9.87. The van der Waals surface area contributed by atoms with E-state index in [4.69, 9.17) is 4.84 Å². The standard InChI is InChI=1S/C20H20N2O/c1-3-7-14(8-4-1)12-22-13-16-11-17(22)18-19(21-23-20(16)18)15-9-5-2-6-10-15/h1-10,16-18,20H,11-13H2. The van der Waals surface area contributed by atoms with Gasteiger partial charge in [-0.1, -0.05) is 65.8 Å². The van der Waals surface area contributed by atoms with Gasteiger partial charge in [0.15, 0.2) is 0 Å². The Kier molecular flexibility index (Phi) is 3.01. The molecule has 2 aromatic rings. The normalized spacial score (nSPS) is 31.7. The average Bonchev–Trinajstić information content (AvgIpc) is 3.28. The summed E-state index contributed by atoms with van der Waals surface area (Å²) in [5.74, 6) is 1.05. The number of hydrogen-bond donors (Lipinski definition) is 0. The summed E-state index contributed by atoms with van der Waals surface area (Å²) in [6, 6.07) is 21.9. The van der Waals surface area contributed by atoms with Gasteiger partial charge in [-0.2, -0.15) is 0 Å². The Morgan fingerprint density at radius 1 is 1.00 bits per heavy atom. The zero-order valence-corrected chi connectivity index (χ0v) is 13.0. The highest BCUT2D eigenvalue weighted by molar-refractivity contribution is 6.03. The van der Waals surface area contributed by atoms with E-state index < -0.39 is 0 Å². The van der Waals surface area contributed by atoms with Crippen molar-refractivity contribution in [3.63, 3.8) is 0 Å². The summed E-state index contributed by atoms with van der Waals surface area (Å²) in [4.78, 5) is 8.47. The molecule has 4 unspecified atom stereocenters. The molecule has 1 saturated heterocycles. The van der Waals surface area contributed by atoms with Crippen LogP contribution in [0.1, 0.15) is 17.5 Å². The number of fused-ring (bicyclic) bond motifs is 5. The van der Waals surface area contributed by atoms with E-state index in [1.54, 1.807) is 0 Å². The molecule has 0 radical (unpaired) electrons. The van der Waals surface area contributed by atoms with Crippen molar-refractivity contribution in [3.05, 3.63) is 71.8 Å². The smallest absolute Gasteiger partial charge is 0.141 e. The van der Waals surface area contributed by atoms with Gasteiger partial charge in [-0.25, -0.2) is 0 Å². The van der Waals surface area contributed by atoms with Gasteiger partial charge < -0.3 is 4.84 Å². The number of likely N-dealkylation sites (tertiary alicyclic amines) is 1. The van der Waals surface area contributed by atoms with Gasteiger partial charge in [0.1, 0.15) is 6.10 Å². The molecule has 0 amide bonds. The van der Waals surface area contributed by atoms with Crippen molar-refractivity contribution in [1.82, 2.24) is 4.90 Å². The lowest BCUT2D eigenvalue weighted by molar-refractivity contribution is 0.00494. The Hall–Kier alpha value is -2.13. The fraction of sp³-hybridized carbons (Fsp3) is 0.350. The summed E-state index contributed by atoms with van der Waals surface area (Å²) < 4.78 is 0. The molecule has 2 heterocycles. The van der Waals surface area contributed by atoms with Crippen molar-refractivity contribution in [2.45, 2.75) is 25.1 Å². The molecule has 2 fully saturated rings. The van der Waals surface area contributed by atoms with Crippen LogP contribution in [0.4, 0.5) is 0 Å². The molecule has 0 spiro atoms. The lowest BCUT2D eigenvalue weighted by Crippen LogP contribution is -2.45. The predicted molar refractivity (Wildman–Crippen MR) is 90.1 cm³/mol. The van der Waals surface area contributed by atoms with E-state index >= 15 is 0 Å². The van der Waals surface area contributed by atoms with Gasteiger partial charge in [-0.15, -0.1) is 0 Å². The molecule has 23 heavy (non-hydrogen) atoms. The highest BCUT2D eigenvalue weighted by atomic mass is 16.6. The van der Waals surface area contributed by atoms with Crippen LogP contribution in [0, 0.1) is 11.8 Å². The zero-order valence-electron chi connectivity index (χ0n) is 13.0. The SMILES string of the molecule is c1ccc(CN2CC3CC2C2C(c4ccccc4)=NOC32)cc1. The molecule has 3 heteroatoms. The Balaban J connectivity index is 1.41. The molecule has 1 saturated carbocycles. The van der Waals surface area contributed by atoms with Crippen LogP contribution in [0.5, 0.6) is 0 Å². The molecular formula is C20H20N2O. The molecule has 0 aromatic heterocycles. The van der Waals surface area contributed by atoms with E-state index in [-0.39, 0.29) is 0 Å². The van der Waals surface area contributed by atoms with Crippen LogP contribution >= 0.6 is 0 Å². The zero-order chi connectivity index (χ0) is 15.2. The first-order valence-electron chi connectivity index (χ1n) is 8.47. The molecule has 0 N–H and O–H groups in total. The van der Waals surface area contributed by atoms with Gasteiger partial charge in [0.05, 0.1) is 11.6 Å². The first-order chi connectivity index (χ1) is 11.4. The molecule has 5 rings (SSSR count). The molecule has 3 nitrogen and oxygen atoms in total. The minimum Gasteiger partial charge on any atom is -0.391 e. The van der Waals surface area contributed by atoms with E-state index in [2.05, 4.69) is 70.7 Å². The summed E-state index contributed by atoms with van der Waals surface area (Å²) in [7, 11) is 0. The van der Waals surface area contributed by atoms with Gasteiger partial charge in [0, 0.05) is 25.0 Å². The van der Waals surface area contributed by atoms with Crippen molar-refractivity contribution >= 4 is 5.71 Å². The quantitative estimate of drug-likeness (QED) is 0.869. The monoisotopic (exact) mass is 304 g/mol. The Morgan fingerprint density at radius 2 is 1.74 bits per heavy atom. The van der Waals surface area contributed by atoms with Crippen LogP contribution in [-0.4, -0.2) is 29.3 Å². The Labute approximate surface area is 136 Å². The molecular weight excluding hydrogens is 284 g/mol. The summed E-state index contributed by atoms with van der Waals surface area (Å²) >= 11 is 0. The molecule has 1 aliphatic carbocycles. The van der Waals surface area contributed by atoms with Gasteiger partial charge in [0.25, 0.3) is 0 Å². The fourth-order valence-electron chi connectivity index (χ4n) is 4.62. The number of hydrogen-bond acceptors (Lipinski definition) is 3. The third kappa shape index (κ3) is 2.11. The van der Waals surface area contributed by atoms with Gasteiger partial charge in [-0.05, 0) is 17.5 Å². The maximum absolute atomic E-state index is 5.84. The highest BCUT2D eigenvalue weighted by Crippen LogP contribution is 2.48. The lowest BCUT2D eigenvalue weighted by Gasteiger charge is -2.33. The van der Waals surface area contributed by atoms with Crippen molar-refractivity contribution < 1.29 is 4.84 Å². The maximum Gasteiger partial charge on any atom is 0.141 e. The summed E-state index contributed by atoms with van der Waals surface area (Å²) in [6.07, 6.45) is 1.54. The van der Waals surface area contributed by atoms with E-state index in [0.717, 1.165) is 18.8 Å². The minimum atomic E-state index is 0.294. The third-order valence-corrected chi connectivity index (χ3v) is 5.60. The number of piperidine rings is 1. The first kappa shape index (κ1) is 13.3. The maximum atomic E-state index is 5.84. The van der Waals surface area contributed by atoms with Crippen LogP contribution < -0.4 is 0 Å². The van der Waals surface area contributed by atoms with Crippen molar-refractivity contribution in [1.29, 1.82) is 0 Å². The molecule has 3 aliphatic rings. The van der Waals surface area contributed by atoms with Crippen molar-refractivity contribution in [2.24, 2.45) is 17.0 Å². The number of oxime groups is 1. The Morgan fingerprint density at radius 3 is 2.52 bits per heavy atom. The van der Waals surface area contributed by atoms with Crippen LogP contribution in [0.15, 0.2) is 65.8 Å². The van der Waals surface area contributed by atoms with Gasteiger partial charge in [0.2, 0.25) is 0 Å². The second kappa shape index (κ2) is 5.20. The van der Waals surface area contributed by atoms with Gasteiger partial charge >= 0.3 is 0 Å². The molecule has 2 bridgehead atoms. The van der Waals surface area contributed by atoms with E-state index in [0.29, 0.717) is 24.0 Å². The summed E-state index contributed by atoms with van der Waals surface area (Å²) in [5.41, 5.74) is 3.77. The third-order valence-electron chi connectivity index (χ3n) is 5.60. The number of benzene rings is 2. The van der Waals surface area contributed by atoms with E-state index in [9.17, 15) is 0 Å². The predicted octanol–water partition coefficient (Wildman–Crippen LogP) is 3.31. The first-order valence-corrected chi connectivity index (χ1v) is 8.47. The fourth-order valence-corrected chi connectivity index (χ4v) is 4.62. The minimum absolute atomic E-state index is 0.294. The molecule has 116 valence electrons. The average molecular weight is 304 g/mol. The Bertz CT molecular complexity index is 728. The second-order valence-electron chi connectivity index (χ2n) is 6.92. The van der Waals surface area contributed by atoms with Crippen LogP contribution in [0.2, 0.25) is 0 Å². The molecule has 4 atom stereocenters. The van der Waals surface area contributed by atoms with Crippen LogP contribution in [0.3, 0.4) is 0 Å². The second-order valence-corrected chi connectivity index (χ2v) is 6.92. The number of rotatable bonds is 3. The largest absolute Gasteiger partial charge is 0.391 e. The van der Waals surface area contributed by atoms with Crippen molar-refractivity contribution in [2.75, 3.05) is 6.54 Å². The molecule has 2 aliphatic heterocycles. The van der Waals surface area contributed by atoms with E-state index in [1.807, 2.05) is 0 Å². The molecule has 2 aromatic carbocycles. The topological polar surface area (TPSA) is 24.8 Å². The highest BCUT2D eigenvalue weighted by Gasteiger charge is 2.57. The van der Waals surface area contributed by atoms with E-state index in [1.165, 1.54) is 17.5 Å². The van der Waals surface area contributed by atoms with Gasteiger partial charge in [-0.3, -0.25) is 4.90 Å². The van der Waals surface area contributed by atoms with Crippen molar-refractivity contribution in [3.8, 4) is 0 Å².